The fraction of sp³-hybridized carbons (Fsp3) is 0.444. The van der Waals surface area contributed by atoms with Crippen molar-refractivity contribution in [2.75, 3.05) is 26.8 Å². The highest BCUT2D eigenvalue weighted by atomic mass is 19.3. The molecule has 1 aromatic rings. The van der Waals surface area contributed by atoms with E-state index in [1.54, 1.807) is 0 Å². The third-order valence-corrected chi connectivity index (χ3v) is 4.01. The van der Waals surface area contributed by atoms with Crippen LogP contribution in [-0.2, 0) is 0 Å². The zero-order valence-electron chi connectivity index (χ0n) is 15.6. The number of hydrogen-bond acceptors (Lipinski definition) is 8. The van der Waals surface area contributed by atoms with Gasteiger partial charge < -0.3 is 30.9 Å². The highest BCUT2D eigenvalue weighted by molar-refractivity contribution is 5.80. The minimum atomic E-state index is -3.76. The van der Waals surface area contributed by atoms with Crippen LogP contribution in [0.25, 0.3) is 0 Å². The number of likely N-dealkylation sites (N-methyl/N-ethyl adjacent to an activating group) is 1. The lowest BCUT2D eigenvalue weighted by atomic mass is 9.98. The zero-order chi connectivity index (χ0) is 20.6. The van der Waals surface area contributed by atoms with Gasteiger partial charge in [-0.15, -0.1) is 0 Å². The fourth-order valence-electron chi connectivity index (χ4n) is 2.73. The van der Waals surface area contributed by atoms with Gasteiger partial charge in [0, 0.05) is 24.8 Å². The normalized spacial score (nSPS) is 19.7. The van der Waals surface area contributed by atoms with E-state index in [-0.39, 0.29) is 29.8 Å². The highest BCUT2D eigenvalue weighted by Gasteiger charge is 2.33. The quantitative estimate of drug-likeness (QED) is 0.421. The highest BCUT2D eigenvalue weighted by Crippen LogP contribution is 2.45. The van der Waals surface area contributed by atoms with E-state index in [1.807, 2.05) is 7.05 Å². The Hall–Kier alpha value is -2.56. The first-order chi connectivity index (χ1) is 13.4. The molecule has 10 heteroatoms. The van der Waals surface area contributed by atoms with Crippen LogP contribution in [0.2, 0.25) is 0 Å². The molecule has 1 aliphatic rings. The summed E-state index contributed by atoms with van der Waals surface area (Å²) < 4.78 is 37.4. The number of allylic oxidation sites excluding steroid dienone is 1. The number of benzene rings is 1. The molecule has 5 N–H and O–H groups in total. The first kappa shape index (κ1) is 21.7. The monoisotopic (exact) mass is 397 g/mol. The first-order valence-electron chi connectivity index (χ1n) is 8.70. The number of nitrogens with zero attached hydrogens (tertiary/aromatic N) is 2. The molecule has 154 valence electrons. The lowest BCUT2D eigenvalue weighted by Gasteiger charge is -2.37. The van der Waals surface area contributed by atoms with E-state index in [1.165, 1.54) is 30.6 Å². The van der Waals surface area contributed by atoms with E-state index >= 15 is 0 Å². The van der Waals surface area contributed by atoms with Crippen LogP contribution in [0, 0.1) is 0 Å². The lowest BCUT2D eigenvalue weighted by Crippen LogP contribution is -2.58. The molecule has 28 heavy (non-hydrogen) atoms. The molecule has 0 amide bonds. The number of aliphatic hydroxyl groups excluding tert-OH is 1. The summed E-state index contributed by atoms with van der Waals surface area (Å²) >= 11 is 0. The number of alkyl halides is 2. The average Bonchev–Trinajstić information content (AvgIpc) is 2.64. The second-order valence-electron chi connectivity index (χ2n) is 6.14. The van der Waals surface area contributed by atoms with Crippen molar-refractivity contribution in [2.24, 2.45) is 15.7 Å². The Morgan fingerprint density at radius 1 is 1.46 bits per heavy atom. The van der Waals surface area contributed by atoms with E-state index in [4.69, 9.17) is 15.6 Å². The smallest absolute Gasteiger partial charge is 0.421 e. The van der Waals surface area contributed by atoms with Gasteiger partial charge in [0.2, 0.25) is 0 Å². The summed E-state index contributed by atoms with van der Waals surface area (Å²) in [6, 6.07) is 3.19. The Kier molecular flexibility index (Phi) is 7.85. The van der Waals surface area contributed by atoms with Crippen LogP contribution in [0.1, 0.15) is 6.42 Å². The van der Waals surface area contributed by atoms with Crippen molar-refractivity contribution in [2.45, 2.75) is 24.6 Å². The summed E-state index contributed by atoms with van der Waals surface area (Å²) in [5.41, 5.74) is 5.62. The van der Waals surface area contributed by atoms with Gasteiger partial charge >= 0.3 is 6.11 Å². The van der Waals surface area contributed by atoms with E-state index in [0.29, 0.717) is 11.7 Å². The van der Waals surface area contributed by atoms with Gasteiger partial charge in [0.1, 0.15) is 24.6 Å². The van der Waals surface area contributed by atoms with Gasteiger partial charge in [0.15, 0.2) is 11.5 Å². The minimum Gasteiger partial charge on any atom is -0.487 e. The summed E-state index contributed by atoms with van der Waals surface area (Å²) in [5.74, 6) is -0.117. The van der Waals surface area contributed by atoms with Gasteiger partial charge in [0.25, 0.3) is 0 Å². The van der Waals surface area contributed by atoms with Crippen LogP contribution < -0.4 is 25.8 Å². The van der Waals surface area contributed by atoms with Crippen molar-refractivity contribution < 1.29 is 23.4 Å². The van der Waals surface area contributed by atoms with Crippen molar-refractivity contribution >= 4 is 24.3 Å². The Bertz CT molecular complexity index is 721. The standard InChI is InChI=1S/C18H25F2N5O3/c1-22-9-12-8-13(25-12)10-27-17-14(24-7-3-6-21)4-5-15(16(17)23-2)28-18(19,20)11-26/h3-7,12-13,22,25-26H,2,8-11,21H2,1H3. The van der Waals surface area contributed by atoms with E-state index in [2.05, 4.69) is 32.1 Å². The molecular weight excluding hydrogens is 372 g/mol. The number of aliphatic imine (C=N–C) groups is 2. The molecule has 1 heterocycles. The van der Waals surface area contributed by atoms with Gasteiger partial charge in [-0.25, -0.2) is 0 Å². The Morgan fingerprint density at radius 2 is 2.21 bits per heavy atom. The Morgan fingerprint density at radius 3 is 2.82 bits per heavy atom. The Balaban J connectivity index is 2.25. The zero-order valence-corrected chi connectivity index (χ0v) is 15.6. The number of rotatable bonds is 11. The van der Waals surface area contributed by atoms with E-state index < -0.39 is 12.7 Å². The number of nitrogens with one attached hydrogen (secondary N) is 2. The molecule has 0 bridgehead atoms. The SMILES string of the molecule is C=Nc1c(OC(F)(F)CO)ccc(N=CC=CN)c1OCC1CC(CNC)N1. The number of hydrogen-bond donors (Lipinski definition) is 4. The number of aliphatic hydroxyl groups is 1. The maximum atomic E-state index is 13.5. The molecule has 2 unspecified atom stereocenters. The molecule has 0 aliphatic carbocycles. The molecule has 0 radical (unpaired) electrons. The number of nitrogens with two attached hydrogens (primary N) is 1. The topological polar surface area (TPSA) is 113 Å². The summed E-state index contributed by atoms with van der Waals surface area (Å²) in [6.07, 6.45) is 1.38. The van der Waals surface area contributed by atoms with Gasteiger partial charge in [-0.05, 0) is 44.6 Å². The lowest BCUT2D eigenvalue weighted by molar-refractivity contribution is -0.200. The summed E-state index contributed by atoms with van der Waals surface area (Å²) in [7, 11) is 1.88. The second-order valence-corrected chi connectivity index (χ2v) is 6.14. The molecule has 1 aliphatic heterocycles. The molecule has 0 aromatic heterocycles. The Labute approximate surface area is 162 Å². The molecule has 0 saturated carbocycles. The summed E-state index contributed by atoms with van der Waals surface area (Å²) in [4.78, 5) is 7.98. The third kappa shape index (κ3) is 5.72. The van der Waals surface area contributed by atoms with E-state index in [0.717, 1.165) is 13.0 Å². The summed E-state index contributed by atoms with van der Waals surface area (Å²) in [6.45, 7) is 3.08. The van der Waals surface area contributed by atoms with Crippen molar-refractivity contribution in [1.82, 2.24) is 10.6 Å². The van der Waals surface area contributed by atoms with Crippen LogP contribution in [0.3, 0.4) is 0 Å². The van der Waals surface area contributed by atoms with Crippen LogP contribution in [0.4, 0.5) is 20.2 Å². The first-order valence-corrected chi connectivity index (χ1v) is 8.70. The maximum Gasteiger partial charge on any atom is 0.421 e. The molecule has 2 rings (SSSR count). The molecule has 1 saturated heterocycles. The van der Waals surface area contributed by atoms with Crippen LogP contribution >= 0.6 is 0 Å². The molecule has 8 nitrogen and oxygen atoms in total. The van der Waals surface area contributed by atoms with Crippen molar-refractivity contribution in [1.29, 1.82) is 0 Å². The predicted molar refractivity (Wildman–Crippen MR) is 105 cm³/mol. The van der Waals surface area contributed by atoms with Crippen LogP contribution in [-0.4, -0.2) is 63.0 Å². The molecule has 1 aromatic carbocycles. The van der Waals surface area contributed by atoms with Gasteiger partial charge in [-0.1, -0.05) is 0 Å². The van der Waals surface area contributed by atoms with Crippen molar-refractivity contribution in [3.63, 3.8) is 0 Å². The molecule has 0 spiro atoms. The van der Waals surface area contributed by atoms with Crippen LogP contribution in [0.15, 0.2) is 34.4 Å². The minimum absolute atomic E-state index is 0.0226. The average molecular weight is 397 g/mol. The molecule has 1 fully saturated rings. The van der Waals surface area contributed by atoms with Crippen molar-refractivity contribution in [3.8, 4) is 11.5 Å². The van der Waals surface area contributed by atoms with Gasteiger partial charge in [-0.2, -0.15) is 8.78 Å². The molecule has 2 atom stereocenters. The largest absolute Gasteiger partial charge is 0.487 e. The number of ether oxygens (including phenoxy) is 2. The third-order valence-electron chi connectivity index (χ3n) is 4.01. The maximum absolute atomic E-state index is 13.5. The number of halogens is 2. The predicted octanol–water partition coefficient (Wildman–Crippen LogP) is 1.49. The summed E-state index contributed by atoms with van der Waals surface area (Å²) in [5, 5.41) is 15.2. The fourth-order valence-corrected chi connectivity index (χ4v) is 2.73. The van der Waals surface area contributed by atoms with Crippen LogP contribution in [0.5, 0.6) is 11.5 Å². The van der Waals surface area contributed by atoms with Gasteiger partial charge in [0.05, 0.1) is 0 Å². The van der Waals surface area contributed by atoms with Gasteiger partial charge in [-0.3, -0.25) is 9.98 Å². The molecular formula is C18H25F2N5O3. The van der Waals surface area contributed by atoms with Crippen molar-refractivity contribution in [3.05, 3.63) is 24.4 Å². The van der Waals surface area contributed by atoms with E-state index in [9.17, 15) is 8.78 Å². The second kappa shape index (κ2) is 10.1.